The predicted molar refractivity (Wildman–Crippen MR) is 60.5 cm³/mol. The first-order chi connectivity index (χ1) is 8.60. The fourth-order valence-electron chi connectivity index (χ4n) is 1.38. The van der Waals surface area contributed by atoms with Crippen LogP contribution in [0.4, 0.5) is 10.4 Å². The first-order valence-electron chi connectivity index (χ1n) is 5.16. The SMILES string of the molecule is COC(=O)C(O)CNc1nc2cc(F)ccc2o1. The molecule has 0 fully saturated rings. The van der Waals surface area contributed by atoms with Crippen molar-refractivity contribution in [3.8, 4) is 0 Å². The van der Waals surface area contributed by atoms with Crippen molar-refractivity contribution in [3.63, 3.8) is 0 Å². The lowest BCUT2D eigenvalue weighted by atomic mass is 10.3. The molecule has 0 bridgehead atoms. The van der Waals surface area contributed by atoms with Gasteiger partial charge in [0.15, 0.2) is 11.7 Å². The van der Waals surface area contributed by atoms with Gasteiger partial charge in [-0.2, -0.15) is 4.98 Å². The lowest BCUT2D eigenvalue weighted by molar-refractivity contribution is -0.149. The van der Waals surface area contributed by atoms with E-state index in [1.807, 2.05) is 0 Å². The first kappa shape index (κ1) is 12.3. The van der Waals surface area contributed by atoms with Crippen LogP contribution >= 0.6 is 0 Å². The number of rotatable bonds is 4. The van der Waals surface area contributed by atoms with Gasteiger partial charge in [0.1, 0.15) is 11.3 Å². The third-order valence-corrected chi connectivity index (χ3v) is 2.27. The Labute approximate surface area is 101 Å². The minimum atomic E-state index is -1.32. The average Bonchev–Trinajstić information content (AvgIpc) is 2.76. The van der Waals surface area contributed by atoms with Gasteiger partial charge in [-0.15, -0.1) is 0 Å². The molecule has 1 heterocycles. The number of carbonyl (C=O) groups is 1. The van der Waals surface area contributed by atoms with E-state index in [-0.39, 0.29) is 12.6 Å². The Morgan fingerprint density at radius 1 is 1.67 bits per heavy atom. The number of methoxy groups -OCH3 is 1. The Morgan fingerprint density at radius 2 is 2.44 bits per heavy atom. The first-order valence-corrected chi connectivity index (χ1v) is 5.16. The van der Waals surface area contributed by atoms with Gasteiger partial charge in [0, 0.05) is 6.07 Å². The molecule has 0 aliphatic rings. The van der Waals surface area contributed by atoms with Crippen molar-refractivity contribution >= 4 is 23.1 Å². The molecule has 0 saturated carbocycles. The van der Waals surface area contributed by atoms with E-state index in [4.69, 9.17) is 4.42 Å². The molecule has 0 aliphatic heterocycles. The van der Waals surface area contributed by atoms with Gasteiger partial charge in [-0.3, -0.25) is 0 Å². The Hall–Kier alpha value is -2.15. The Balaban J connectivity index is 2.06. The number of oxazole rings is 1. The van der Waals surface area contributed by atoms with Crippen LogP contribution in [0.15, 0.2) is 22.6 Å². The molecule has 0 spiro atoms. The summed E-state index contributed by atoms with van der Waals surface area (Å²) < 4.78 is 22.5. The van der Waals surface area contributed by atoms with E-state index in [2.05, 4.69) is 15.0 Å². The third kappa shape index (κ3) is 2.57. The zero-order valence-electron chi connectivity index (χ0n) is 9.51. The van der Waals surface area contributed by atoms with Crippen molar-refractivity contribution in [2.75, 3.05) is 19.0 Å². The van der Waals surface area contributed by atoms with Crippen molar-refractivity contribution in [1.29, 1.82) is 0 Å². The number of ether oxygens (including phenoxy) is 1. The summed E-state index contributed by atoms with van der Waals surface area (Å²) in [4.78, 5) is 14.9. The van der Waals surface area contributed by atoms with Gasteiger partial charge in [0.25, 0.3) is 6.01 Å². The maximum atomic E-state index is 12.9. The number of nitrogens with zero attached hydrogens (tertiary/aromatic N) is 1. The number of aliphatic hydroxyl groups excluding tert-OH is 1. The van der Waals surface area contributed by atoms with Crippen LogP contribution in [-0.4, -0.2) is 35.8 Å². The van der Waals surface area contributed by atoms with E-state index in [9.17, 15) is 14.3 Å². The smallest absolute Gasteiger partial charge is 0.336 e. The third-order valence-electron chi connectivity index (χ3n) is 2.27. The summed E-state index contributed by atoms with van der Waals surface area (Å²) in [5, 5.41) is 11.9. The molecular weight excluding hydrogens is 243 g/mol. The van der Waals surface area contributed by atoms with E-state index in [0.29, 0.717) is 11.1 Å². The van der Waals surface area contributed by atoms with E-state index in [1.165, 1.54) is 25.3 Å². The summed E-state index contributed by atoms with van der Waals surface area (Å²) in [7, 11) is 1.17. The summed E-state index contributed by atoms with van der Waals surface area (Å²) in [6.07, 6.45) is -1.32. The van der Waals surface area contributed by atoms with E-state index >= 15 is 0 Å². The standard InChI is InChI=1S/C11H11FN2O4/c1-17-10(16)8(15)5-13-11-14-7-4-6(12)2-3-9(7)18-11/h2-4,8,15H,5H2,1H3,(H,13,14). The van der Waals surface area contributed by atoms with Crippen molar-refractivity contribution in [3.05, 3.63) is 24.0 Å². The molecule has 0 aliphatic carbocycles. The molecule has 2 N–H and O–H groups in total. The summed E-state index contributed by atoms with van der Waals surface area (Å²) >= 11 is 0. The fraction of sp³-hybridized carbons (Fsp3) is 0.273. The highest BCUT2D eigenvalue weighted by Crippen LogP contribution is 2.19. The monoisotopic (exact) mass is 254 g/mol. The second kappa shape index (κ2) is 5.01. The molecule has 0 saturated heterocycles. The van der Waals surface area contributed by atoms with Crippen LogP contribution in [0.2, 0.25) is 0 Å². The molecule has 2 aromatic rings. The lowest BCUT2D eigenvalue weighted by Crippen LogP contribution is -2.29. The van der Waals surface area contributed by atoms with E-state index in [0.717, 1.165) is 0 Å². The normalized spacial score (nSPS) is 12.4. The highest BCUT2D eigenvalue weighted by molar-refractivity contribution is 5.76. The summed E-state index contributed by atoms with van der Waals surface area (Å²) in [6, 6.07) is 4.01. The van der Waals surface area contributed by atoms with Crippen molar-refractivity contribution in [2.45, 2.75) is 6.10 Å². The van der Waals surface area contributed by atoms with Crippen molar-refractivity contribution in [2.24, 2.45) is 0 Å². The van der Waals surface area contributed by atoms with Crippen LogP contribution in [0, 0.1) is 5.82 Å². The maximum absolute atomic E-state index is 12.9. The van der Waals surface area contributed by atoms with Crippen molar-refractivity contribution < 1.29 is 23.4 Å². The molecular formula is C11H11FN2O4. The Bertz CT molecular complexity index is 569. The summed E-state index contributed by atoms with van der Waals surface area (Å²) in [6.45, 7) is -0.109. The quantitative estimate of drug-likeness (QED) is 0.789. The molecule has 1 unspecified atom stereocenters. The molecule has 2 rings (SSSR count). The highest BCUT2D eigenvalue weighted by Gasteiger charge is 2.16. The second-order valence-corrected chi connectivity index (χ2v) is 3.55. The number of aliphatic hydroxyl groups is 1. The number of hydrogen-bond acceptors (Lipinski definition) is 6. The number of halogens is 1. The molecule has 6 nitrogen and oxygen atoms in total. The molecule has 0 radical (unpaired) electrons. The van der Waals surface area contributed by atoms with Crippen LogP contribution in [-0.2, 0) is 9.53 Å². The number of esters is 1. The minimum absolute atomic E-state index is 0.0959. The van der Waals surface area contributed by atoms with E-state index in [1.54, 1.807) is 0 Å². The maximum Gasteiger partial charge on any atom is 0.336 e. The number of hydrogen-bond donors (Lipinski definition) is 2. The number of carbonyl (C=O) groups excluding carboxylic acids is 1. The minimum Gasteiger partial charge on any atom is -0.467 e. The Morgan fingerprint density at radius 3 is 3.17 bits per heavy atom. The Kier molecular flexibility index (Phi) is 3.42. The molecule has 1 aromatic heterocycles. The second-order valence-electron chi connectivity index (χ2n) is 3.55. The molecule has 1 aromatic carbocycles. The fourth-order valence-corrected chi connectivity index (χ4v) is 1.38. The molecule has 1 atom stereocenters. The van der Waals surface area contributed by atoms with Gasteiger partial charge in [-0.1, -0.05) is 0 Å². The van der Waals surface area contributed by atoms with Gasteiger partial charge in [-0.05, 0) is 12.1 Å². The molecule has 18 heavy (non-hydrogen) atoms. The number of benzene rings is 1. The van der Waals surface area contributed by atoms with Crippen LogP contribution in [0.3, 0.4) is 0 Å². The zero-order chi connectivity index (χ0) is 13.1. The highest BCUT2D eigenvalue weighted by atomic mass is 19.1. The average molecular weight is 254 g/mol. The van der Waals surface area contributed by atoms with Gasteiger partial charge in [0.05, 0.1) is 13.7 Å². The number of anilines is 1. The van der Waals surface area contributed by atoms with E-state index < -0.39 is 17.9 Å². The summed E-state index contributed by atoms with van der Waals surface area (Å²) in [5.74, 6) is -1.18. The number of fused-ring (bicyclic) bond motifs is 1. The molecule has 0 amide bonds. The number of nitrogens with one attached hydrogen (secondary N) is 1. The van der Waals surface area contributed by atoms with Crippen LogP contribution < -0.4 is 5.32 Å². The van der Waals surface area contributed by atoms with Crippen LogP contribution in [0.5, 0.6) is 0 Å². The topological polar surface area (TPSA) is 84.6 Å². The van der Waals surface area contributed by atoms with Crippen molar-refractivity contribution in [1.82, 2.24) is 4.98 Å². The van der Waals surface area contributed by atoms with Gasteiger partial charge in [-0.25, -0.2) is 9.18 Å². The van der Waals surface area contributed by atoms with Crippen LogP contribution in [0.1, 0.15) is 0 Å². The summed E-state index contributed by atoms with van der Waals surface area (Å²) in [5.41, 5.74) is 0.761. The molecule has 7 heteroatoms. The van der Waals surface area contributed by atoms with Crippen LogP contribution in [0.25, 0.3) is 11.1 Å². The largest absolute Gasteiger partial charge is 0.467 e. The zero-order valence-corrected chi connectivity index (χ0v) is 9.51. The van der Waals surface area contributed by atoms with Gasteiger partial charge in [0.2, 0.25) is 0 Å². The number of aromatic nitrogens is 1. The van der Waals surface area contributed by atoms with Gasteiger partial charge >= 0.3 is 5.97 Å². The lowest BCUT2D eigenvalue weighted by Gasteiger charge is -2.07. The predicted octanol–water partition coefficient (Wildman–Crippen LogP) is 0.913. The molecule has 96 valence electrons. The van der Waals surface area contributed by atoms with Gasteiger partial charge < -0.3 is 19.6 Å².